The van der Waals surface area contributed by atoms with Crippen LogP contribution >= 0.6 is 23.2 Å². The van der Waals surface area contributed by atoms with E-state index in [-0.39, 0.29) is 5.02 Å². The Bertz CT molecular complexity index is 978. The monoisotopic (exact) mass is 444 g/mol. The Morgan fingerprint density at radius 1 is 1.10 bits per heavy atom. The van der Waals surface area contributed by atoms with Crippen molar-refractivity contribution in [3.8, 4) is 18.2 Å². The van der Waals surface area contributed by atoms with E-state index in [9.17, 15) is 15.8 Å². The molecular weight excluding hydrogens is 423 g/mol. The van der Waals surface area contributed by atoms with E-state index in [0.29, 0.717) is 17.0 Å². The van der Waals surface area contributed by atoms with Crippen molar-refractivity contribution in [1.82, 2.24) is 0 Å². The minimum Gasteiger partial charge on any atom is -0.443 e. The first-order valence-electron chi connectivity index (χ1n) is 9.94. The van der Waals surface area contributed by atoms with E-state index in [1.54, 1.807) is 19.1 Å². The normalized spacial score (nSPS) is 31.3. The molecule has 0 radical (unpaired) electrons. The average Bonchev–Trinajstić information content (AvgIpc) is 2.88. The summed E-state index contributed by atoms with van der Waals surface area (Å²) in [4.78, 5) is 0. The number of halogens is 2. The minimum atomic E-state index is -1.87. The van der Waals surface area contributed by atoms with Crippen LogP contribution in [0.5, 0.6) is 0 Å². The number of fused-ring (bicyclic) bond motifs is 2. The predicted molar refractivity (Wildman–Crippen MR) is 111 cm³/mol. The molecule has 0 spiro atoms. The van der Waals surface area contributed by atoms with Gasteiger partial charge in [0.25, 0.3) is 0 Å². The number of nitrogens with one attached hydrogen (secondary N) is 1. The van der Waals surface area contributed by atoms with Crippen molar-refractivity contribution < 1.29 is 9.47 Å². The van der Waals surface area contributed by atoms with Crippen LogP contribution < -0.4 is 0 Å². The van der Waals surface area contributed by atoms with Crippen molar-refractivity contribution in [3.63, 3.8) is 0 Å². The second kappa shape index (κ2) is 8.09. The number of nitrogens with zero attached hydrogens (tertiary/aromatic N) is 3. The number of hydrogen-bond acceptors (Lipinski definition) is 6. The molecule has 4 atom stereocenters. The molecule has 1 aromatic rings. The zero-order valence-corrected chi connectivity index (χ0v) is 18.3. The van der Waals surface area contributed by atoms with Gasteiger partial charge >= 0.3 is 0 Å². The SMILES string of the molecule is CCCCCCC1OC2(c3ccc(Cl)cc3Cl)OC(=N)C(C#N)(C2C)C1(C#N)C#N. The maximum absolute atomic E-state index is 10.2. The Kier molecular flexibility index (Phi) is 6.03. The van der Waals surface area contributed by atoms with E-state index in [4.69, 9.17) is 38.1 Å². The highest BCUT2D eigenvalue weighted by Crippen LogP contribution is 2.66. The highest BCUT2D eigenvalue weighted by atomic mass is 35.5. The number of hydrogen-bond donors (Lipinski definition) is 1. The predicted octanol–water partition coefficient (Wildman–Crippen LogP) is 5.70. The molecule has 6 nitrogen and oxygen atoms in total. The summed E-state index contributed by atoms with van der Waals surface area (Å²) in [6.45, 7) is 3.75. The quantitative estimate of drug-likeness (QED) is 0.564. The molecule has 4 unspecified atom stereocenters. The third-order valence-electron chi connectivity index (χ3n) is 6.41. The van der Waals surface area contributed by atoms with Gasteiger partial charge in [0.15, 0.2) is 10.8 Å². The summed E-state index contributed by atoms with van der Waals surface area (Å²) < 4.78 is 12.3. The Hall–Kier alpha value is -2.30. The minimum absolute atomic E-state index is 0.266. The molecule has 1 N–H and O–H groups in total. The standard InChI is InChI=1S/C22H22Cl2N4O2/c1-3-4-5-6-7-18-20(11-25,12-26)21(13-27)14(2)22(29-18,30-19(21)28)16-9-8-15(23)10-17(16)24/h8-10,14,18,28H,3-7H2,1-2H3. The maximum Gasteiger partial charge on any atom is 0.245 e. The van der Waals surface area contributed by atoms with E-state index in [1.807, 2.05) is 12.1 Å². The van der Waals surface area contributed by atoms with E-state index in [2.05, 4.69) is 13.0 Å². The maximum atomic E-state index is 10.2. The van der Waals surface area contributed by atoms with Gasteiger partial charge in [-0.15, -0.1) is 0 Å². The molecule has 3 rings (SSSR count). The largest absolute Gasteiger partial charge is 0.443 e. The fourth-order valence-electron chi connectivity index (χ4n) is 4.74. The van der Waals surface area contributed by atoms with Crippen LogP contribution in [0.15, 0.2) is 18.2 Å². The molecule has 2 bridgehead atoms. The molecule has 156 valence electrons. The van der Waals surface area contributed by atoms with Crippen LogP contribution in [0.1, 0.15) is 51.5 Å². The van der Waals surface area contributed by atoms with E-state index in [0.717, 1.165) is 25.7 Å². The Labute approximate surface area is 186 Å². The van der Waals surface area contributed by atoms with Gasteiger partial charge in [-0.1, -0.05) is 62.7 Å². The lowest BCUT2D eigenvalue weighted by atomic mass is 9.53. The molecule has 0 amide bonds. The van der Waals surface area contributed by atoms with Gasteiger partial charge < -0.3 is 9.47 Å². The van der Waals surface area contributed by atoms with Crippen molar-refractivity contribution in [3.05, 3.63) is 33.8 Å². The highest BCUT2D eigenvalue weighted by molar-refractivity contribution is 6.35. The molecule has 2 saturated heterocycles. The second-order valence-electron chi connectivity index (χ2n) is 7.85. The van der Waals surface area contributed by atoms with Crippen LogP contribution in [0.3, 0.4) is 0 Å². The first-order valence-corrected chi connectivity index (χ1v) is 10.7. The van der Waals surface area contributed by atoms with Gasteiger partial charge in [-0.05, 0) is 24.6 Å². The molecule has 0 aliphatic carbocycles. The number of rotatable bonds is 6. The first-order chi connectivity index (χ1) is 14.3. The van der Waals surface area contributed by atoms with Crippen molar-refractivity contribution in [2.24, 2.45) is 16.7 Å². The lowest BCUT2D eigenvalue weighted by Crippen LogP contribution is -2.61. The Morgan fingerprint density at radius 3 is 2.37 bits per heavy atom. The number of unbranched alkanes of at least 4 members (excludes halogenated alkanes) is 3. The molecule has 2 aliphatic heterocycles. The van der Waals surface area contributed by atoms with Gasteiger partial charge in [-0.25, -0.2) is 0 Å². The summed E-state index contributed by atoms with van der Waals surface area (Å²) in [7, 11) is 0. The number of benzene rings is 1. The van der Waals surface area contributed by atoms with Crippen LogP contribution in [0.25, 0.3) is 0 Å². The zero-order chi connectivity index (χ0) is 22.2. The van der Waals surface area contributed by atoms with Crippen molar-refractivity contribution in [2.75, 3.05) is 0 Å². The van der Waals surface area contributed by atoms with Crippen molar-refractivity contribution in [1.29, 1.82) is 21.2 Å². The molecule has 0 aromatic heterocycles. The van der Waals surface area contributed by atoms with Crippen LogP contribution in [-0.4, -0.2) is 12.0 Å². The fourth-order valence-corrected chi connectivity index (χ4v) is 5.28. The number of ether oxygens (including phenoxy) is 2. The lowest BCUT2D eigenvalue weighted by molar-refractivity contribution is -0.286. The lowest BCUT2D eigenvalue weighted by Gasteiger charge is -2.49. The van der Waals surface area contributed by atoms with Gasteiger partial charge in [0, 0.05) is 10.6 Å². The topological polar surface area (TPSA) is 114 Å². The van der Waals surface area contributed by atoms with Gasteiger partial charge in [-0.3, -0.25) is 5.41 Å². The summed E-state index contributed by atoms with van der Waals surface area (Å²) >= 11 is 12.5. The molecule has 1 aromatic carbocycles. The molecular formula is C22H22Cl2N4O2. The third-order valence-corrected chi connectivity index (χ3v) is 6.96. The smallest absolute Gasteiger partial charge is 0.245 e. The Morgan fingerprint density at radius 2 is 1.80 bits per heavy atom. The van der Waals surface area contributed by atoms with Crippen LogP contribution in [-0.2, 0) is 15.3 Å². The zero-order valence-electron chi connectivity index (χ0n) is 16.8. The molecule has 0 saturated carbocycles. The first kappa shape index (κ1) is 22.4. The van der Waals surface area contributed by atoms with Gasteiger partial charge in [0.1, 0.15) is 0 Å². The van der Waals surface area contributed by atoms with Gasteiger partial charge in [0.2, 0.25) is 11.7 Å². The average molecular weight is 445 g/mol. The van der Waals surface area contributed by atoms with E-state index in [1.165, 1.54) is 6.07 Å². The van der Waals surface area contributed by atoms with Gasteiger partial charge in [-0.2, -0.15) is 15.8 Å². The summed E-state index contributed by atoms with van der Waals surface area (Å²) in [5.74, 6) is -2.82. The summed E-state index contributed by atoms with van der Waals surface area (Å²) in [6.07, 6.45) is 3.14. The molecule has 2 fully saturated rings. The second-order valence-corrected chi connectivity index (χ2v) is 8.70. The highest BCUT2D eigenvalue weighted by Gasteiger charge is 2.79. The van der Waals surface area contributed by atoms with Crippen molar-refractivity contribution in [2.45, 2.75) is 57.8 Å². The summed E-state index contributed by atoms with van der Waals surface area (Å²) in [6, 6.07) is 11.0. The Balaban J connectivity index is 2.19. The molecule has 2 aliphatic rings. The summed E-state index contributed by atoms with van der Waals surface area (Å²) in [5.41, 5.74) is -3.23. The van der Waals surface area contributed by atoms with Gasteiger partial charge in [0.05, 0.1) is 35.3 Å². The molecule has 8 heteroatoms. The molecule has 2 heterocycles. The van der Waals surface area contributed by atoms with Crippen LogP contribution in [0, 0.1) is 56.2 Å². The fraction of sp³-hybridized carbons (Fsp3) is 0.545. The van der Waals surface area contributed by atoms with E-state index < -0.39 is 34.5 Å². The number of nitriles is 3. The summed E-state index contributed by atoms with van der Waals surface area (Å²) in [5, 5.41) is 39.7. The van der Waals surface area contributed by atoms with E-state index >= 15 is 0 Å². The van der Waals surface area contributed by atoms with Crippen LogP contribution in [0.2, 0.25) is 10.0 Å². The third kappa shape index (κ3) is 2.81. The van der Waals surface area contributed by atoms with Crippen LogP contribution in [0.4, 0.5) is 0 Å². The molecule has 30 heavy (non-hydrogen) atoms. The van der Waals surface area contributed by atoms with Crippen molar-refractivity contribution >= 4 is 29.1 Å².